The van der Waals surface area contributed by atoms with Gasteiger partial charge < -0.3 is 15.2 Å². The van der Waals surface area contributed by atoms with E-state index >= 15 is 0 Å². The van der Waals surface area contributed by atoms with Crippen LogP contribution in [0.15, 0.2) is 48.5 Å². The van der Waals surface area contributed by atoms with Gasteiger partial charge in [0, 0.05) is 6.54 Å². The topological polar surface area (TPSA) is 75.6 Å². The summed E-state index contributed by atoms with van der Waals surface area (Å²) >= 11 is 0. The fraction of sp³-hybridized carbons (Fsp3) is 0.300. The van der Waals surface area contributed by atoms with Crippen LogP contribution in [-0.4, -0.2) is 30.1 Å². The molecule has 0 spiro atoms. The van der Waals surface area contributed by atoms with E-state index in [1.165, 1.54) is 24.3 Å². The van der Waals surface area contributed by atoms with Crippen LogP contribution in [0, 0.1) is 5.82 Å². The maximum atomic E-state index is 13.0. The van der Waals surface area contributed by atoms with Crippen LogP contribution in [0.25, 0.3) is 0 Å². The average Bonchev–Trinajstić information content (AvgIpc) is 2.61. The number of ether oxygens (including phenoxy) is 1. The summed E-state index contributed by atoms with van der Waals surface area (Å²) in [7, 11) is 0. The highest BCUT2D eigenvalue weighted by molar-refractivity contribution is 5.81. The van der Waals surface area contributed by atoms with Crippen LogP contribution < -0.4 is 10.1 Å². The fourth-order valence-electron chi connectivity index (χ4n) is 2.47. The number of carboxylic acids is 1. The summed E-state index contributed by atoms with van der Waals surface area (Å²) in [6.07, 6.45) is 1.02. The van der Waals surface area contributed by atoms with Crippen molar-refractivity contribution in [3.05, 3.63) is 65.5 Å². The molecule has 26 heavy (non-hydrogen) atoms. The zero-order valence-corrected chi connectivity index (χ0v) is 14.6. The molecule has 0 saturated heterocycles. The van der Waals surface area contributed by atoms with Crippen LogP contribution >= 0.6 is 0 Å². The minimum absolute atomic E-state index is 0.0637. The molecule has 0 heterocycles. The Morgan fingerprint density at radius 2 is 1.92 bits per heavy atom. The largest absolute Gasteiger partial charge is 0.494 e. The summed E-state index contributed by atoms with van der Waals surface area (Å²) < 4.78 is 18.5. The SMILES string of the molecule is CCCOc1cccc(CC(=O)NCC(C(=O)O)c2ccc(F)cc2)c1. The molecule has 138 valence electrons. The van der Waals surface area contributed by atoms with Gasteiger partial charge in [0.2, 0.25) is 5.91 Å². The number of hydrogen-bond acceptors (Lipinski definition) is 3. The maximum Gasteiger partial charge on any atom is 0.312 e. The lowest BCUT2D eigenvalue weighted by Gasteiger charge is -2.14. The van der Waals surface area contributed by atoms with Crippen molar-refractivity contribution in [2.75, 3.05) is 13.2 Å². The molecule has 2 aromatic rings. The molecule has 0 radical (unpaired) electrons. The molecule has 5 nitrogen and oxygen atoms in total. The molecule has 1 amide bonds. The lowest BCUT2D eigenvalue weighted by molar-refractivity contribution is -0.138. The van der Waals surface area contributed by atoms with Gasteiger partial charge in [-0.25, -0.2) is 4.39 Å². The van der Waals surface area contributed by atoms with Gasteiger partial charge in [0.1, 0.15) is 11.6 Å². The number of benzene rings is 2. The molecule has 2 aromatic carbocycles. The van der Waals surface area contributed by atoms with Gasteiger partial charge in [0.15, 0.2) is 0 Å². The van der Waals surface area contributed by atoms with Gasteiger partial charge in [-0.1, -0.05) is 31.2 Å². The number of halogens is 1. The third-order valence-electron chi connectivity index (χ3n) is 3.81. The third-order valence-corrected chi connectivity index (χ3v) is 3.81. The first-order valence-corrected chi connectivity index (χ1v) is 8.46. The molecule has 2 rings (SSSR count). The number of hydrogen-bond donors (Lipinski definition) is 2. The smallest absolute Gasteiger partial charge is 0.312 e. The lowest BCUT2D eigenvalue weighted by Crippen LogP contribution is -2.32. The van der Waals surface area contributed by atoms with Crippen molar-refractivity contribution >= 4 is 11.9 Å². The summed E-state index contributed by atoms with van der Waals surface area (Å²) in [4.78, 5) is 23.6. The second-order valence-corrected chi connectivity index (χ2v) is 5.92. The number of nitrogens with one attached hydrogen (secondary N) is 1. The van der Waals surface area contributed by atoms with Crippen molar-refractivity contribution in [2.24, 2.45) is 0 Å². The van der Waals surface area contributed by atoms with Crippen molar-refractivity contribution in [1.29, 1.82) is 0 Å². The van der Waals surface area contributed by atoms with Crippen LogP contribution in [-0.2, 0) is 16.0 Å². The van der Waals surface area contributed by atoms with E-state index < -0.39 is 17.7 Å². The molecule has 2 N–H and O–H groups in total. The summed E-state index contributed by atoms with van der Waals surface area (Å²) in [5.74, 6) is -2.03. The molecule has 1 unspecified atom stereocenters. The highest BCUT2D eigenvalue weighted by Crippen LogP contribution is 2.17. The van der Waals surface area contributed by atoms with E-state index in [2.05, 4.69) is 5.32 Å². The summed E-state index contributed by atoms with van der Waals surface area (Å²) in [5.41, 5.74) is 1.22. The van der Waals surface area contributed by atoms with Gasteiger partial charge in [-0.05, 0) is 41.8 Å². The molecule has 0 aromatic heterocycles. The highest BCUT2D eigenvalue weighted by Gasteiger charge is 2.20. The van der Waals surface area contributed by atoms with Gasteiger partial charge in [0.05, 0.1) is 18.9 Å². The molecule has 1 atom stereocenters. The van der Waals surface area contributed by atoms with Crippen LogP contribution in [0.5, 0.6) is 5.75 Å². The van der Waals surface area contributed by atoms with Gasteiger partial charge in [-0.2, -0.15) is 0 Å². The van der Waals surface area contributed by atoms with E-state index in [0.29, 0.717) is 17.9 Å². The average molecular weight is 359 g/mol. The van der Waals surface area contributed by atoms with Crippen molar-refractivity contribution in [1.82, 2.24) is 5.32 Å². The van der Waals surface area contributed by atoms with E-state index in [1.807, 2.05) is 25.1 Å². The molecule has 0 aliphatic rings. The van der Waals surface area contributed by atoms with E-state index in [-0.39, 0.29) is 18.9 Å². The second kappa shape index (κ2) is 9.56. The first-order valence-electron chi connectivity index (χ1n) is 8.46. The molecule has 0 aliphatic heterocycles. The number of carboxylic acid groups (broad SMARTS) is 1. The number of carbonyl (C=O) groups excluding carboxylic acids is 1. The Kier molecular flexibility index (Phi) is 7.14. The first kappa shape index (κ1) is 19.4. The lowest BCUT2D eigenvalue weighted by atomic mass is 9.99. The van der Waals surface area contributed by atoms with Crippen LogP contribution in [0.4, 0.5) is 4.39 Å². The van der Waals surface area contributed by atoms with Gasteiger partial charge in [-0.3, -0.25) is 9.59 Å². The molecule has 0 fully saturated rings. The first-order chi connectivity index (χ1) is 12.5. The predicted octanol–water partition coefficient (Wildman–Crippen LogP) is 3.14. The molecule has 6 heteroatoms. The van der Waals surface area contributed by atoms with Crippen LogP contribution in [0.3, 0.4) is 0 Å². The third kappa shape index (κ3) is 5.88. The quantitative estimate of drug-likeness (QED) is 0.721. The van der Waals surface area contributed by atoms with Gasteiger partial charge in [0.25, 0.3) is 0 Å². The minimum atomic E-state index is -1.08. The van der Waals surface area contributed by atoms with Crippen molar-refractivity contribution in [2.45, 2.75) is 25.7 Å². The maximum absolute atomic E-state index is 13.0. The zero-order valence-electron chi connectivity index (χ0n) is 14.6. The Hall–Kier alpha value is -2.89. The summed E-state index contributed by atoms with van der Waals surface area (Å²) in [6.45, 7) is 2.55. The summed E-state index contributed by atoms with van der Waals surface area (Å²) in [5, 5.41) is 12.0. The molecule has 0 aliphatic carbocycles. The predicted molar refractivity (Wildman–Crippen MR) is 95.7 cm³/mol. The van der Waals surface area contributed by atoms with Gasteiger partial charge in [-0.15, -0.1) is 0 Å². The Labute approximate surface area is 151 Å². The van der Waals surface area contributed by atoms with Crippen molar-refractivity contribution in [3.8, 4) is 5.75 Å². The Balaban J connectivity index is 1.94. The monoisotopic (exact) mass is 359 g/mol. The van der Waals surface area contributed by atoms with Gasteiger partial charge >= 0.3 is 5.97 Å². The van der Waals surface area contributed by atoms with E-state index in [0.717, 1.165) is 12.0 Å². The van der Waals surface area contributed by atoms with E-state index in [9.17, 15) is 19.1 Å². The Morgan fingerprint density at radius 3 is 2.58 bits per heavy atom. The standard InChI is InChI=1S/C20H22FNO4/c1-2-10-26-17-5-3-4-14(11-17)12-19(23)22-13-18(20(24)25)15-6-8-16(21)9-7-15/h3-9,11,18H,2,10,12-13H2,1H3,(H,22,23)(H,24,25). The van der Waals surface area contributed by atoms with Crippen LogP contribution in [0.1, 0.15) is 30.4 Å². The van der Waals surface area contributed by atoms with E-state index in [4.69, 9.17) is 4.74 Å². The zero-order chi connectivity index (χ0) is 18.9. The summed E-state index contributed by atoms with van der Waals surface area (Å²) in [6, 6.07) is 12.5. The number of aliphatic carboxylic acids is 1. The van der Waals surface area contributed by atoms with Crippen LogP contribution in [0.2, 0.25) is 0 Å². The van der Waals surface area contributed by atoms with E-state index in [1.54, 1.807) is 6.07 Å². The Morgan fingerprint density at radius 1 is 1.19 bits per heavy atom. The number of rotatable bonds is 9. The molecule has 0 saturated carbocycles. The fourth-order valence-corrected chi connectivity index (χ4v) is 2.47. The number of amides is 1. The highest BCUT2D eigenvalue weighted by atomic mass is 19.1. The second-order valence-electron chi connectivity index (χ2n) is 5.92. The molecule has 0 bridgehead atoms. The number of carbonyl (C=O) groups is 2. The van der Waals surface area contributed by atoms with Crippen molar-refractivity contribution in [3.63, 3.8) is 0 Å². The normalized spacial score (nSPS) is 11.6. The molecular weight excluding hydrogens is 337 g/mol. The minimum Gasteiger partial charge on any atom is -0.494 e. The Bertz CT molecular complexity index is 746. The molecular formula is C20H22FNO4. The van der Waals surface area contributed by atoms with Crippen molar-refractivity contribution < 1.29 is 23.8 Å².